The molecule has 1 aliphatic rings. The maximum absolute atomic E-state index is 11.9. The Kier molecular flexibility index (Phi) is 6.45. The summed E-state index contributed by atoms with van der Waals surface area (Å²) in [5, 5.41) is 0. The fraction of sp³-hybridized carbons (Fsp3) is 0.429. The number of hydrogen-bond acceptors (Lipinski definition) is 4. The van der Waals surface area contributed by atoms with Crippen molar-refractivity contribution in [2.24, 2.45) is 11.5 Å². The summed E-state index contributed by atoms with van der Waals surface area (Å²) in [6, 6.07) is 6.62. The van der Waals surface area contributed by atoms with Crippen LogP contribution in [-0.2, 0) is 4.79 Å². The smallest absolute Gasteiger partial charge is 0.248 e. The van der Waals surface area contributed by atoms with E-state index in [-0.39, 0.29) is 24.4 Å². The van der Waals surface area contributed by atoms with Crippen molar-refractivity contribution in [2.45, 2.75) is 18.9 Å². The highest BCUT2D eigenvalue weighted by Gasteiger charge is 2.23. The van der Waals surface area contributed by atoms with Crippen LogP contribution in [0.5, 0.6) is 5.75 Å². The minimum Gasteiger partial charge on any atom is -0.493 e. The van der Waals surface area contributed by atoms with Crippen LogP contribution in [0.2, 0.25) is 0 Å². The van der Waals surface area contributed by atoms with E-state index < -0.39 is 5.91 Å². The van der Waals surface area contributed by atoms with E-state index in [0.717, 1.165) is 13.0 Å². The third-order valence-electron chi connectivity index (χ3n) is 3.30. The number of likely N-dealkylation sites (tertiary alicyclic amines) is 1. The van der Waals surface area contributed by atoms with Crippen LogP contribution in [0, 0.1) is 0 Å². The summed E-state index contributed by atoms with van der Waals surface area (Å²) >= 11 is 0. The first kappa shape index (κ1) is 17.3. The SMILES string of the molecule is Cl.NC(=O)c1ccc(OCCC(=O)N2CC[C@@H](N)C2)cc1. The summed E-state index contributed by atoms with van der Waals surface area (Å²) in [5.74, 6) is 0.199. The van der Waals surface area contributed by atoms with Crippen molar-refractivity contribution in [3.63, 3.8) is 0 Å². The summed E-state index contributed by atoms with van der Waals surface area (Å²) < 4.78 is 5.47. The highest BCUT2D eigenvalue weighted by molar-refractivity contribution is 5.92. The van der Waals surface area contributed by atoms with E-state index in [4.69, 9.17) is 16.2 Å². The van der Waals surface area contributed by atoms with Crippen LogP contribution in [0.25, 0.3) is 0 Å². The summed E-state index contributed by atoms with van der Waals surface area (Å²) in [4.78, 5) is 24.5. The van der Waals surface area contributed by atoms with Gasteiger partial charge in [0, 0.05) is 24.7 Å². The Morgan fingerprint density at radius 1 is 1.29 bits per heavy atom. The maximum atomic E-state index is 11.9. The minimum absolute atomic E-state index is 0. The van der Waals surface area contributed by atoms with Crippen molar-refractivity contribution in [1.29, 1.82) is 0 Å². The van der Waals surface area contributed by atoms with Crippen molar-refractivity contribution < 1.29 is 14.3 Å². The molecule has 0 radical (unpaired) electrons. The Bertz CT molecular complexity index is 493. The number of nitrogens with two attached hydrogens (primary N) is 2. The second kappa shape index (κ2) is 7.85. The van der Waals surface area contributed by atoms with Gasteiger partial charge in [-0.2, -0.15) is 0 Å². The first-order chi connectivity index (χ1) is 9.56. The molecule has 0 aromatic heterocycles. The Balaban J connectivity index is 0.00000220. The number of amides is 2. The lowest BCUT2D eigenvalue weighted by molar-refractivity contribution is -0.130. The predicted octanol–water partition coefficient (Wildman–Crippen LogP) is 0.536. The molecule has 0 saturated carbocycles. The lowest BCUT2D eigenvalue weighted by Crippen LogP contribution is -2.32. The summed E-state index contributed by atoms with van der Waals surface area (Å²) in [6.45, 7) is 1.67. The molecule has 116 valence electrons. The number of primary amides is 1. The fourth-order valence-electron chi connectivity index (χ4n) is 2.14. The number of carbonyl (C=O) groups is 2. The molecule has 1 fully saturated rings. The van der Waals surface area contributed by atoms with Gasteiger partial charge in [-0.3, -0.25) is 9.59 Å². The quantitative estimate of drug-likeness (QED) is 0.828. The van der Waals surface area contributed by atoms with Gasteiger partial charge in [0.2, 0.25) is 11.8 Å². The largest absolute Gasteiger partial charge is 0.493 e. The maximum Gasteiger partial charge on any atom is 0.248 e. The van der Waals surface area contributed by atoms with Gasteiger partial charge in [-0.05, 0) is 30.7 Å². The Morgan fingerprint density at radius 3 is 2.48 bits per heavy atom. The van der Waals surface area contributed by atoms with Crippen molar-refractivity contribution in [1.82, 2.24) is 4.90 Å². The molecule has 1 saturated heterocycles. The molecule has 1 atom stereocenters. The molecule has 4 N–H and O–H groups in total. The van der Waals surface area contributed by atoms with Crippen LogP contribution in [0.3, 0.4) is 0 Å². The second-order valence-electron chi connectivity index (χ2n) is 4.88. The molecule has 1 aliphatic heterocycles. The number of hydrogen-bond donors (Lipinski definition) is 2. The topological polar surface area (TPSA) is 98.7 Å². The number of rotatable bonds is 5. The average Bonchev–Trinajstić information content (AvgIpc) is 2.86. The summed E-state index contributed by atoms with van der Waals surface area (Å²) in [7, 11) is 0. The lowest BCUT2D eigenvalue weighted by Gasteiger charge is -2.15. The summed E-state index contributed by atoms with van der Waals surface area (Å²) in [6.07, 6.45) is 1.19. The fourth-order valence-corrected chi connectivity index (χ4v) is 2.14. The van der Waals surface area contributed by atoms with Crippen molar-refractivity contribution >= 4 is 24.2 Å². The molecular formula is C14H20ClN3O3. The molecule has 0 spiro atoms. The number of carbonyl (C=O) groups excluding carboxylic acids is 2. The van der Waals surface area contributed by atoms with E-state index in [0.29, 0.717) is 30.9 Å². The van der Waals surface area contributed by atoms with Crippen molar-refractivity contribution in [3.8, 4) is 5.75 Å². The molecule has 6 nitrogen and oxygen atoms in total. The van der Waals surface area contributed by atoms with Gasteiger partial charge in [0.25, 0.3) is 0 Å². The highest BCUT2D eigenvalue weighted by atomic mass is 35.5. The molecule has 1 aromatic carbocycles. The lowest BCUT2D eigenvalue weighted by atomic mass is 10.2. The molecule has 2 rings (SSSR count). The normalized spacial score (nSPS) is 17.2. The van der Waals surface area contributed by atoms with E-state index in [1.807, 2.05) is 0 Å². The van der Waals surface area contributed by atoms with Crippen LogP contribution in [-0.4, -0.2) is 42.5 Å². The van der Waals surface area contributed by atoms with E-state index >= 15 is 0 Å². The third-order valence-corrected chi connectivity index (χ3v) is 3.30. The Labute approximate surface area is 129 Å². The van der Waals surface area contributed by atoms with Gasteiger partial charge in [-0.1, -0.05) is 0 Å². The first-order valence-electron chi connectivity index (χ1n) is 6.62. The van der Waals surface area contributed by atoms with Crippen LogP contribution in [0.1, 0.15) is 23.2 Å². The predicted molar refractivity (Wildman–Crippen MR) is 81.5 cm³/mol. The molecule has 21 heavy (non-hydrogen) atoms. The van der Waals surface area contributed by atoms with Gasteiger partial charge >= 0.3 is 0 Å². The molecule has 2 amide bonds. The number of nitrogens with zero attached hydrogens (tertiary/aromatic N) is 1. The monoisotopic (exact) mass is 313 g/mol. The molecule has 0 aliphatic carbocycles. The van der Waals surface area contributed by atoms with E-state index in [9.17, 15) is 9.59 Å². The zero-order valence-electron chi connectivity index (χ0n) is 11.7. The van der Waals surface area contributed by atoms with Gasteiger partial charge in [0.05, 0.1) is 13.0 Å². The first-order valence-corrected chi connectivity index (χ1v) is 6.62. The highest BCUT2D eigenvalue weighted by Crippen LogP contribution is 2.13. The van der Waals surface area contributed by atoms with E-state index in [2.05, 4.69) is 0 Å². The number of ether oxygens (including phenoxy) is 1. The number of benzene rings is 1. The van der Waals surface area contributed by atoms with E-state index in [1.165, 1.54) is 0 Å². The van der Waals surface area contributed by atoms with Crippen molar-refractivity contribution in [2.75, 3.05) is 19.7 Å². The van der Waals surface area contributed by atoms with Gasteiger partial charge in [0.15, 0.2) is 0 Å². The van der Waals surface area contributed by atoms with Crippen LogP contribution < -0.4 is 16.2 Å². The third kappa shape index (κ3) is 4.91. The molecule has 1 heterocycles. The van der Waals surface area contributed by atoms with Gasteiger partial charge in [-0.15, -0.1) is 12.4 Å². The average molecular weight is 314 g/mol. The van der Waals surface area contributed by atoms with Gasteiger partial charge < -0.3 is 21.1 Å². The zero-order chi connectivity index (χ0) is 14.5. The molecular weight excluding hydrogens is 294 g/mol. The second-order valence-corrected chi connectivity index (χ2v) is 4.88. The molecule has 1 aromatic rings. The molecule has 0 unspecified atom stereocenters. The van der Waals surface area contributed by atoms with E-state index in [1.54, 1.807) is 29.2 Å². The van der Waals surface area contributed by atoms with Crippen LogP contribution in [0.15, 0.2) is 24.3 Å². The minimum atomic E-state index is -0.475. The zero-order valence-corrected chi connectivity index (χ0v) is 12.5. The van der Waals surface area contributed by atoms with Gasteiger partial charge in [0.1, 0.15) is 5.75 Å². The van der Waals surface area contributed by atoms with Crippen molar-refractivity contribution in [3.05, 3.63) is 29.8 Å². The van der Waals surface area contributed by atoms with Crippen LogP contribution >= 0.6 is 12.4 Å². The Morgan fingerprint density at radius 2 is 1.95 bits per heavy atom. The molecule has 7 heteroatoms. The standard InChI is InChI=1S/C14H19N3O3.ClH/c15-11-5-7-17(9-11)13(18)6-8-20-12-3-1-10(2-4-12)14(16)19;/h1-4,11H,5-9,15H2,(H2,16,19);1H/t11-;/m1./s1. The van der Waals surface area contributed by atoms with Gasteiger partial charge in [-0.25, -0.2) is 0 Å². The van der Waals surface area contributed by atoms with Crippen LogP contribution in [0.4, 0.5) is 0 Å². The number of halogens is 1. The summed E-state index contributed by atoms with van der Waals surface area (Å²) in [5.41, 5.74) is 11.3. The molecule has 0 bridgehead atoms. The Hall–Kier alpha value is -1.79.